The van der Waals surface area contributed by atoms with E-state index in [-0.39, 0.29) is 35.9 Å². The first-order valence-electron chi connectivity index (χ1n) is 11.5. The number of carbonyl (C=O) groups is 3. The van der Waals surface area contributed by atoms with Crippen molar-refractivity contribution in [2.75, 3.05) is 19.6 Å². The van der Waals surface area contributed by atoms with E-state index in [1.54, 1.807) is 6.92 Å². The number of nitrogens with one attached hydrogen (secondary N) is 1. The highest BCUT2D eigenvalue weighted by Crippen LogP contribution is 2.42. The third-order valence-corrected chi connectivity index (χ3v) is 7.99. The first kappa shape index (κ1) is 21.6. The van der Waals surface area contributed by atoms with Crippen molar-refractivity contribution in [2.45, 2.75) is 83.5 Å². The van der Waals surface area contributed by atoms with Gasteiger partial charge in [-0.2, -0.15) is 0 Å². The average Bonchev–Trinajstić information content (AvgIpc) is 3.41. The van der Waals surface area contributed by atoms with Gasteiger partial charge in [0.05, 0.1) is 12.1 Å². The Morgan fingerprint density at radius 3 is 2.30 bits per heavy atom. The Balaban J connectivity index is 1.50. The molecule has 2 saturated heterocycles. The molecule has 4 rings (SSSR count). The van der Waals surface area contributed by atoms with Gasteiger partial charge in [0.25, 0.3) is 0 Å². The number of piperazine rings is 1. The quantitative estimate of drug-likeness (QED) is 0.699. The van der Waals surface area contributed by atoms with Crippen molar-refractivity contribution in [3.8, 4) is 0 Å². The number of amides is 3. The summed E-state index contributed by atoms with van der Waals surface area (Å²) >= 11 is 0. The number of hydrogen-bond acceptors (Lipinski definition) is 5. The molecule has 0 aromatic rings. The van der Waals surface area contributed by atoms with E-state index in [0.29, 0.717) is 24.3 Å². The molecule has 168 valence electrons. The van der Waals surface area contributed by atoms with Gasteiger partial charge in [0, 0.05) is 38.5 Å². The highest BCUT2D eigenvalue weighted by atomic mass is 16.2. The number of hydrazine groups is 1. The molecule has 4 unspecified atom stereocenters. The Bertz CT molecular complexity index is 722. The van der Waals surface area contributed by atoms with E-state index >= 15 is 0 Å². The van der Waals surface area contributed by atoms with E-state index < -0.39 is 5.54 Å². The van der Waals surface area contributed by atoms with E-state index in [2.05, 4.69) is 17.2 Å². The molecule has 0 bridgehead atoms. The van der Waals surface area contributed by atoms with Crippen LogP contribution in [0, 0.1) is 17.8 Å². The van der Waals surface area contributed by atoms with E-state index in [1.165, 1.54) is 0 Å². The molecule has 2 heterocycles. The van der Waals surface area contributed by atoms with Crippen LogP contribution < -0.4 is 11.2 Å². The SMILES string of the molecule is CC(=O)N1C2CCC(C3CNN(C(C)(C)C(N)=O)C3)CC2N(C(=O)C2CC2)C[C@@H]1C. The molecule has 5 atom stereocenters. The molecule has 0 spiro atoms. The van der Waals surface area contributed by atoms with Gasteiger partial charge in [-0.1, -0.05) is 0 Å². The van der Waals surface area contributed by atoms with Crippen LogP contribution in [-0.2, 0) is 14.4 Å². The predicted octanol–water partition coefficient (Wildman–Crippen LogP) is 0.713. The maximum absolute atomic E-state index is 13.1. The summed E-state index contributed by atoms with van der Waals surface area (Å²) in [6.45, 7) is 9.68. The van der Waals surface area contributed by atoms with Crippen LogP contribution in [0.1, 0.15) is 59.8 Å². The zero-order valence-corrected chi connectivity index (χ0v) is 18.8. The summed E-state index contributed by atoms with van der Waals surface area (Å²) in [6, 6.07) is 0.302. The monoisotopic (exact) mass is 419 g/mol. The fourth-order valence-corrected chi connectivity index (χ4v) is 5.91. The molecule has 3 amide bonds. The van der Waals surface area contributed by atoms with Crippen LogP contribution in [0.25, 0.3) is 0 Å². The van der Waals surface area contributed by atoms with E-state index in [0.717, 1.165) is 45.2 Å². The molecule has 3 N–H and O–H groups in total. The van der Waals surface area contributed by atoms with Crippen molar-refractivity contribution in [2.24, 2.45) is 23.5 Å². The molecule has 2 aliphatic heterocycles. The summed E-state index contributed by atoms with van der Waals surface area (Å²) in [6.07, 6.45) is 4.91. The van der Waals surface area contributed by atoms with Crippen LogP contribution in [0.5, 0.6) is 0 Å². The zero-order chi connectivity index (χ0) is 21.8. The van der Waals surface area contributed by atoms with E-state index in [9.17, 15) is 14.4 Å². The Morgan fingerprint density at radius 1 is 1.00 bits per heavy atom. The van der Waals surface area contributed by atoms with Gasteiger partial charge in [0.15, 0.2) is 0 Å². The van der Waals surface area contributed by atoms with Crippen molar-refractivity contribution in [1.29, 1.82) is 0 Å². The smallest absolute Gasteiger partial charge is 0.238 e. The van der Waals surface area contributed by atoms with Crippen molar-refractivity contribution in [1.82, 2.24) is 20.2 Å². The molecular weight excluding hydrogens is 382 g/mol. The minimum Gasteiger partial charge on any atom is -0.368 e. The molecule has 2 saturated carbocycles. The van der Waals surface area contributed by atoms with Crippen LogP contribution in [-0.4, -0.2) is 75.8 Å². The number of rotatable bonds is 4. The first-order valence-corrected chi connectivity index (χ1v) is 11.5. The van der Waals surface area contributed by atoms with Crippen molar-refractivity contribution in [3.05, 3.63) is 0 Å². The highest BCUT2D eigenvalue weighted by Gasteiger charge is 2.50. The van der Waals surface area contributed by atoms with Gasteiger partial charge in [0.2, 0.25) is 17.7 Å². The highest BCUT2D eigenvalue weighted by molar-refractivity contribution is 5.83. The summed E-state index contributed by atoms with van der Waals surface area (Å²) < 4.78 is 0. The molecule has 30 heavy (non-hydrogen) atoms. The predicted molar refractivity (Wildman–Crippen MR) is 113 cm³/mol. The van der Waals surface area contributed by atoms with Gasteiger partial charge in [-0.3, -0.25) is 19.8 Å². The molecule has 2 aliphatic carbocycles. The second-order valence-corrected chi connectivity index (χ2v) is 10.4. The normalized spacial score (nSPS) is 35.3. The van der Waals surface area contributed by atoms with Crippen molar-refractivity contribution < 1.29 is 14.4 Å². The molecular formula is C22H37N5O3. The third kappa shape index (κ3) is 3.73. The fraction of sp³-hybridized carbons (Fsp3) is 0.864. The maximum atomic E-state index is 13.1. The Hall–Kier alpha value is -1.67. The molecule has 0 aromatic heterocycles. The minimum absolute atomic E-state index is 0.0722. The summed E-state index contributed by atoms with van der Waals surface area (Å²) in [5, 5.41) is 1.98. The van der Waals surface area contributed by atoms with Crippen LogP contribution in [0.3, 0.4) is 0 Å². The Morgan fingerprint density at radius 2 is 1.70 bits per heavy atom. The summed E-state index contributed by atoms with van der Waals surface area (Å²) in [5.41, 5.74) is 8.25. The maximum Gasteiger partial charge on any atom is 0.238 e. The zero-order valence-electron chi connectivity index (χ0n) is 18.8. The van der Waals surface area contributed by atoms with Crippen LogP contribution >= 0.6 is 0 Å². The lowest BCUT2D eigenvalue weighted by atomic mass is 9.73. The van der Waals surface area contributed by atoms with Gasteiger partial charge in [-0.05, 0) is 64.7 Å². The number of carbonyl (C=O) groups excluding carboxylic acids is 3. The number of fused-ring (bicyclic) bond motifs is 1. The summed E-state index contributed by atoms with van der Waals surface area (Å²) in [4.78, 5) is 41.5. The topological polar surface area (TPSA) is 99.0 Å². The standard InChI is InChI=1S/C22H37N5O3/c1-13-11-25(20(29)15-5-6-15)19-9-16(7-8-18(19)27(13)14(2)28)17-10-24-26(12-17)22(3,4)21(23)30/h13,15-19,24H,5-12H2,1-4H3,(H2,23,30)/t13-,16?,17?,18?,19?/m0/s1. The largest absolute Gasteiger partial charge is 0.368 e. The molecule has 0 radical (unpaired) electrons. The second kappa shape index (κ2) is 7.79. The Kier molecular flexibility index (Phi) is 5.60. The van der Waals surface area contributed by atoms with Crippen LogP contribution in [0.4, 0.5) is 0 Å². The van der Waals surface area contributed by atoms with Crippen LogP contribution in [0.2, 0.25) is 0 Å². The third-order valence-electron chi connectivity index (χ3n) is 7.99. The van der Waals surface area contributed by atoms with Crippen molar-refractivity contribution >= 4 is 17.7 Å². The summed E-state index contributed by atoms with van der Waals surface area (Å²) in [5.74, 6) is 1.14. The number of nitrogens with two attached hydrogens (primary N) is 1. The Labute approximate surface area is 179 Å². The van der Waals surface area contributed by atoms with E-state index in [1.807, 2.05) is 23.8 Å². The lowest BCUT2D eigenvalue weighted by molar-refractivity contribution is -0.155. The first-order chi connectivity index (χ1) is 14.1. The molecule has 4 aliphatic rings. The van der Waals surface area contributed by atoms with Crippen molar-refractivity contribution in [3.63, 3.8) is 0 Å². The number of hydrogen-bond donors (Lipinski definition) is 2. The van der Waals surface area contributed by atoms with Gasteiger partial charge >= 0.3 is 0 Å². The minimum atomic E-state index is -0.731. The number of nitrogens with zero attached hydrogens (tertiary/aromatic N) is 3. The molecule has 0 aromatic carbocycles. The van der Waals surface area contributed by atoms with E-state index in [4.69, 9.17) is 5.73 Å². The van der Waals surface area contributed by atoms with Gasteiger partial charge in [-0.15, -0.1) is 0 Å². The molecule has 8 heteroatoms. The van der Waals surface area contributed by atoms with Crippen LogP contribution in [0.15, 0.2) is 0 Å². The summed E-state index contributed by atoms with van der Waals surface area (Å²) in [7, 11) is 0. The lowest BCUT2D eigenvalue weighted by Crippen LogP contribution is -2.67. The van der Waals surface area contributed by atoms with Gasteiger partial charge in [0.1, 0.15) is 5.54 Å². The van der Waals surface area contributed by atoms with Gasteiger partial charge < -0.3 is 15.5 Å². The molecule has 4 fully saturated rings. The second-order valence-electron chi connectivity index (χ2n) is 10.4. The average molecular weight is 420 g/mol. The molecule has 8 nitrogen and oxygen atoms in total. The number of primary amides is 1. The fourth-order valence-electron chi connectivity index (χ4n) is 5.91. The van der Waals surface area contributed by atoms with Gasteiger partial charge in [-0.25, -0.2) is 5.01 Å². The lowest BCUT2D eigenvalue weighted by Gasteiger charge is -2.54.